The fourth-order valence-electron chi connectivity index (χ4n) is 7.19. The third-order valence-electron chi connectivity index (χ3n) is 9.40. The Balaban J connectivity index is 1.29. The Kier molecular flexibility index (Phi) is 6.69. The molecule has 1 aliphatic heterocycles. The molecule has 0 saturated carbocycles. The van der Waals surface area contributed by atoms with Gasteiger partial charge in [0, 0.05) is 27.8 Å². The lowest BCUT2D eigenvalue weighted by atomic mass is 9.63. The summed E-state index contributed by atoms with van der Waals surface area (Å²) in [7, 11) is 0. The number of para-hydroxylation sites is 2. The standard InChI is InChI=1S/C45H30N2O/c1-3-15-32(16-4-1)40-30-41(47-44(46-40)35-27-26-31-14-7-8-17-33(31)28-35)34-18-13-21-37(29-34)45(36-19-5-2-6-20-36)38-22-9-11-24-42(38)48-43-25-12-10-23-39(43)45/h1-30H. The Bertz CT molecular complexity index is 2390. The number of hydrogen-bond donors (Lipinski definition) is 0. The van der Waals surface area contributed by atoms with E-state index in [2.05, 4.69) is 164 Å². The molecule has 9 rings (SSSR count). The van der Waals surface area contributed by atoms with E-state index in [0.29, 0.717) is 5.82 Å². The summed E-state index contributed by atoms with van der Waals surface area (Å²) in [4.78, 5) is 10.4. The first-order valence-electron chi connectivity index (χ1n) is 16.2. The van der Waals surface area contributed by atoms with Gasteiger partial charge < -0.3 is 4.74 Å². The van der Waals surface area contributed by atoms with Crippen LogP contribution in [0.25, 0.3) is 44.7 Å². The van der Waals surface area contributed by atoms with Gasteiger partial charge in [-0.3, -0.25) is 0 Å². The van der Waals surface area contributed by atoms with Crippen molar-refractivity contribution in [1.82, 2.24) is 9.97 Å². The Morgan fingerprint density at radius 2 is 0.938 bits per heavy atom. The minimum absolute atomic E-state index is 0.612. The molecule has 0 N–H and O–H groups in total. The van der Waals surface area contributed by atoms with Gasteiger partial charge in [-0.15, -0.1) is 0 Å². The first kappa shape index (κ1) is 27.9. The zero-order chi connectivity index (χ0) is 31.9. The molecular weight excluding hydrogens is 585 g/mol. The van der Waals surface area contributed by atoms with Gasteiger partial charge in [-0.2, -0.15) is 0 Å². The molecule has 0 aliphatic carbocycles. The van der Waals surface area contributed by atoms with Crippen LogP contribution < -0.4 is 4.74 Å². The summed E-state index contributed by atoms with van der Waals surface area (Å²) in [6.45, 7) is 0. The molecule has 0 unspecified atom stereocenters. The van der Waals surface area contributed by atoms with E-state index in [9.17, 15) is 0 Å². The fraction of sp³-hybridized carbons (Fsp3) is 0.0222. The molecule has 0 atom stereocenters. The zero-order valence-corrected chi connectivity index (χ0v) is 26.1. The van der Waals surface area contributed by atoms with Crippen LogP contribution in [0, 0.1) is 0 Å². The van der Waals surface area contributed by atoms with Crippen molar-refractivity contribution in [2.45, 2.75) is 5.41 Å². The van der Waals surface area contributed by atoms with Crippen molar-refractivity contribution in [2.75, 3.05) is 0 Å². The molecule has 226 valence electrons. The first-order valence-corrected chi connectivity index (χ1v) is 16.2. The average Bonchev–Trinajstić information content (AvgIpc) is 3.17. The molecule has 2 heterocycles. The van der Waals surface area contributed by atoms with Gasteiger partial charge in [0.2, 0.25) is 0 Å². The Labute approximate surface area is 279 Å². The minimum atomic E-state index is -0.612. The van der Waals surface area contributed by atoms with E-state index in [-0.39, 0.29) is 0 Å². The van der Waals surface area contributed by atoms with E-state index >= 15 is 0 Å². The quantitative estimate of drug-likeness (QED) is 0.193. The van der Waals surface area contributed by atoms with E-state index in [1.807, 2.05) is 18.2 Å². The van der Waals surface area contributed by atoms with Gasteiger partial charge in [-0.25, -0.2) is 9.97 Å². The average molecular weight is 615 g/mol. The van der Waals surface area contributed by atoms with E-state index in [1.165, 1.54) is 10.9 Å². The molecule has 0 radical (unpaired) electrons. The second kappa shape index (κ2) is 11.5. The summed E-state index contributed by atoms with van der Waals surface area (Å²) in [6, 6.07) is 63.7. The number of hydrogen-bond acceptors (Lipinski definition) is 3. The molecule has 48 heavy (non-hydrogen) atoms. The molecule has 3 heteroatoms. The highest BCUT2D eigenvalue weighted by Gasteiger charge is 2.45. The molecule has 1 aliphatic rings. The summed E-state index contributed by atoms with van der Waals surface area (Å²) in [5.74, 6) is 2.41. The summed E-state index contributed by atoms with van der Waals surface area (Å²) in [5.41, 5.74) is 8.72. The number of benzene rings is 7. The van der Waals surface area contributed by atoms with Crippen LogP contribution >= 0.6 is 0 Å². The van der Waals surface area contributed by atoms with Crippen molar-refractivity contribution in [1.29, 1.82) is 0 Å². The Morgan fingerprint density at radius 3 is 1.67 bits per heavy atom. The Hall–Kier alpha value is -6.32. The van der Waals surface area contributed by atoms with E-state index in [4.69, 9.17) is 14.7 Å². The second-order valence-corrected chi connectivity index (χ2v) is 12.2. The third-order valence-corrected chi connectivity index (χ3v) is 9.40. The summed E-state index contributed by atoms with van der Waals surface area (Å²) in [6.07, 6.45) is 0. The Morgan fingerprint density at radius 1 is 0.375 bits per heavy atom. The molecule has 0 saturated heterocycles. The van der Waals surface area contributed by atoms with Gasteiger partial charge in [0.25, 0.3) is 0 Å². The van der Waals surface area contributed by atoms with Crippen LogP contribution in [-0.2, 0) is 5.41 Å². The van der Waals surface area contributed by atoms with E-state index in [0.717, 1.165) is 61.7 Å². The minimum Gasteiger partial charge on any atom is -0.457 e. The molecule has 3 nitrogen and oxygen atoms in total. The lowest BCUT2D eigenvalue weighted by Gasteiger charge is -2.41. The molecule has 0 bridgehead atoms. The molecular formula is C45H30N2O. The maximum Gasteiger partial charge on any atom is 0.160 e. The highest BCUT2D eigenvalue weighted by Crippen LogP contribution is 2.55. The SMILES string of the molecule is c1ccc(-c2cc(-c3cccc(C4(c5ccccc5)c5ccccc5Oc5ccccc54)c3)nc(-c3ccc4ccccc4c3)n2)cc1. The largest absolute Gasteiger partial charge is 0.457 e. The van der Waals surface area contributed by atoms with Crippen LogP contribution in [0.3, 0.4) is 0 Å². The smallest absolute Gasteiger partial charge is 0.160 e. The lowest BCUT2D eigenvalue weighted by Crippen LogP contribution is -2.34. The van der Waals surface area contributed by atoms with E-state index in [1.54, 1.807) is 0 Å². The van der Waals surface area contributed by atoms with Crippen LogP contribution in [-0.4, -0.2) is 9.97 Å². The highest BCUT2D eigenvalue weighted by atomic mass is 16.5. The van der Waals surface area contributed by atoms with Crippen molar-refractivity contribution in [3.8, 4) is 45.4 Å². The summed E-state index contributed by atoms with van der Waals surface area (Å²) in [5, 5.41) is 2.35. The topological polar surface area (TPSA) is 35.0 Å². The molecule has 0 fully saturated rings. The predicted octanol–water partition coefficient (Wildman–Crippen LogP) is 11.1. The number of rotatable bonds is 5. The first-order chi connectivity index (χ1) is 23.8. The van der Waals surface area contributed by atoms with Gasteiger partial charge in [0.1, 0.15) is 11.5 Å². The van der Waals surface area contributed by atoms with Crippen molar-refractivity contribution in [2.24, 2.45) is 0 Å². The van der Waals surface area contributed by atoms with Crippen LogP contribution in [0.2, 0.25) is 0 Å². The van der Waals surface area contributed by atoms with Crippen molar-refractivity contribution in [3.63, 3.8) is 0 Å². The third kappa shape index (κ3) is 4.59. The maximum atomic E-state index is 6.53. The molecule has 8 aromatic rings. The van der Waals surface area contributed by atoms with Crippen molar-refractivity contribution < 1.29 is 4.74 Å². The summed E-state index contributed by atoms with van der Waals surface area (Å²) >= 11 is 0. The van der Waals surface area contributed by atoms with Gasteiger partial charge in [0.05, 0.1) is 16.8 Å². The second-order valence-electron chi connectivity index (χ2n) is 12.2. The molecule has 0 amide bonds. The number of ether oxygens (including phenoxy) is 1. The zero-order valence-electron chi connectivity index (χ0n) is 26.1. The van der Waals surface area contributed by atoms with Gasteiger partial charge >= 0.3 is 0 Å². The van der Waals surface area contributed by atoms with Crippen LogP contribution in [0.15, 0.2) is 182 Å². The molecule has 7 aromatic carbocycles. The molecule has 0 spiro atoms. The molecule has 1 aromatic heterocycles. The van der Waals surface area contributed by atoms with Crippen molar-refractivity contribution in [3.05, 3.63) is 204 Å². The normalized spacial score (nSPS) is 12.9. The predicted molar refractivity (Wildman–Crippen MR) is 194 cm³/mol. The van der Waals surface area contributed by atoms with Gasteiger partial charge in [-0.1, -0.05) is 152 Å². The van der Waals surface area contributed by atoms with Crippen LogP contribution in [0.1, 0.15) is 22.3 Å². The summed E-state index contributed by atoms with van der Waals surface area (Å²) < 4.78 is 6.53. The number of nitrogens with zero attached hydrogens (tertiary/aromatic N) is 2. The van der Waals surface area contributed by atoms with Crippen LogP contribution in [0.4, 0.5) is 0 Å². The monoisotopic (exact) mass is 614 g/mol. The van der Waals surface area contributed by atoms with Crippen molar-refractivity contribution >= 4 is 10.8 Å². The fourth-order valence-corrected chi connectivity index (χ4v) is 7.19. The van der Waals surface area contributed by atoms with Crippen LogP contribution in [0.5, 0.6) is 11.5 Å². The van der Waals surface area contributed by atoms with Gasteiger partial charge in [-0.05, 0) is 52.2 Å². The highest BCUT2D eigenvalue weighted by molar-refractivity contribution is 5.87. The number of fused-ring (bicyclic) bond motifs is 3. The van der Waals surface area contributed by atoms with Gasteiger partial charge in [0.15, 0.2) is 5.82 Å². The number of aromatic nitrogens is 2. The lowest BCUT2D eigenvalue weighted by molar-refractivity contribution is 0.434. The van der Waals surface area contributed by atoms with E-state index < -0.39 is 5.41 Å². The maximum absolute atomic E-state index is 6.53.